The van der Waals surface area contributed by atoms with E-state index in [0.717, 1.165) is 5.82 Å². The fourth-order valence-electron chi connectivity index (χ4n) is 1.88. The predicted octanol–water partition coefficient (Wildman–Crippen LogP) is 0.669. The molecule has 2 aromatic rings. The Morgan fingerprint density at radius 1 is 1.47 bits per heavy atom. The maximum Gasteiger partial charge on any atom is 0.250 e. The van der Waals surface area contributed by atoms with Crippen molar-refractivity contribution in [3.8, 4) is 0 Å². The minimum atomic E-state index is -0.507. The maximum atomic E-state index is 11.4. The predicted molar refractivity (Wildman–Crippen MR) is 72.4 cm³/mol. The van der Waals surface area contributed by atoms with Crippen molar-refractivity contribution in [3.05, 3.63) is 35.9 Å². The number of rotatable bonds is 4. The van der Waals surface area contributed by atoms with Gasteiger partial charge >= 0.3 is 0 Å². The third-order valence-electron chi connectivity index (χ3n) is 2.81. The summed E-state index contributed by atoms with van der Waals surface area (Å²) in [6.45, 7) is 1.91. The van der Waals surface area contributed by atoms with Crippen LogP contribution in [0.2, 0.25) is 0 Å². The molecule has 0 aliphatic heterocycles. The fourth-order valence-corrected chi connectivity index (χ4v) is 1.88. The van der Waals surface area contributed by atoms with E-state index in [2.05, 4.69) is 15.5 Å². The second-order valence-electron chi connectivity index (χ2n) is 4.34. The van der Waals surface area contributed by atoms with Gasteiger partial charge in [0.25, 0.3) is 5.91 Å². The molecule has 0 aliphatic rings. The molecule has 0 spiro atoms. The maximum absolute atomic E-state index is 11.4. The zero-order chi connectivity index (χ0) is 14.0. The number of nitrogens with two attached hydrogens (primary N) is 2. The van der Waals surface area contributed by atoms with Gasteiger partial charge in [0.05, 0.1) is 11.6 Å². The van der Waals surface area contributed by atoms with Crippen LogP contribution >= 0.6 is 0 Å². The zero-order valence-corrected chi connectivity index (χ0v) is 10.8. The van der Waals surface area contributed by atoms with Crippen LogP contribution in [0.4, 0.5) is 11.4 Å². The molecular formula is C12H16N6O. The highest BCUT2D eigenvalue weighted by Gasteiger charge is 2.15. The summed E-state index contributed by atoms with van der Waals surface area (Å²) in [5.74, 6) is 0.241. The van der Waals surface area contributed by atoms with E-state index in [1.807, 2.05) is 14.0 Å². The van der Waals surface area contributed by atoms with Crippen molar-refractivity contribution in [2.75, 3.05) is 11.1 Å². The van der Waals surface area contributed by atoms with Crippen molar-refractivity contribution in [1.29, 1.82) is 0 Å². The third-order valence-corrected chi connectivity index (χ3v) is 2.81. The molecule has 19 heavy (non-hydrogen) atoms. The number of amides is 1. The van der Waals surface area contributed by atoms with Gasteiger partial charge in [0.2, 0.25) is 0 Å². The molecule has 1 atom stereocenters. The van der Waals surface area contributed by atoms with Gasteiger partial charge in [0, 0.05) is 18.4 Å². The number of hydrogen-bond donors (Lipinski definition) is 3. The molecule has 2 rings (SSSR count). The summed E-state index contributed by atoms with van der Waals surface area (Å²) in [5, 5.41) is 11.0. The van der Waals surface area contributed by atoms with Crippen molar-refractivity contribution < 1.29 is 4.79 Å². The second kappa shape index (κ2) is 4.97. The Labute approximate surface area is 110 Å². The lowest BCUT2D eigenvalue weighted by Crippen LogP contribution is -2.17. The van der Waals surface area contributed by atoms with Crippen LogP contribution in [0.1, 0.15) is 29.1 Å². The largest absolute Gasteiger partial charge is 0.399 e. The number of aromatic nitrogens is 3. The molecule has 1 aromatic heterocycles. The molecule has 7 nitrogen and oxygen atoms in total. The summed E-state index contributed by atoms with van der Waals surface area (Å²) >= 11 is 0. The number of carbonyl (C=O) groups excluding carboxylic acids is 1. The number of benzene rings is 1. The lowest BCUT2D eigenvalue weighted by Gasteiger charge is -2.16. The van der Waals surface area contributed by atoms with Gasteiger partial charge < -0.3 is 21.4 Å². The van der Waals surface area contributed by atoms with Crippen molar-refractivity contribution in [2.45, 2.75) is 13.0 Å². The smallest absolute Gasteiger partial charge is 0.250 e. The SMILES string of the molecule is CC(Nc1cc(N)ccc1C(N)=O)c1nncn1C. The number of nitrogen functional groups attached to an aromatic ring is 1. The summed E-state index contributed by atoms with van der Waals surface area (Å²) in [6.07, 6.45) is 1.61. The first-order valence-electron chi connectivity index (χ1n) is 5.79. The number of anilines is 2. The molecule has 0 bridgehead atoms. The molecule has 1 aromatic carbocycles. The Morgan fingerprint density at radius 2 is 2.21 bits per heavy atom. The van der Waals surface area contributed by atoms with Crippen molar-refractivity contribution in [3.63, 3.8) is 0 Å². The number of aryl methyl sites for hydroxylation is 1. The summed E-state index contributed by atoms with van der Waals surface area (Å²) < 4.78 is 1.80. The molecular weight excluding hydrogens is 244 g/mol. The summed E-state index contributed by atoms with van der Waals surface area (Å²) in [6, 6.07) is 4.78. The molecule has 5 N–H and O–H groups in total. The summed E-state index contributed by atoms with van der Waals surface area (Å²) in [7, 11) is 1.85. The first-order chi connectivity index (χ1) is 8.99. The molecule has 0 saturated heterocycles. The van der Waals surface area contributed by atoms with Gasteiger partial charge in [-0.3, -0.25) is 4.79 Å². The number of nitrogens with one attached hydrogen (secondary N) is 1. The molecule has 1 heterocycles. The van der Waals surface area contributed by atoms with E-state index in [9.17, 15) is 4.79 Å². The second-order valence-corrected chi connectivity index (χ2v) is 4.34. The van der Waals surface area contributed by atoms with Crippen molar-refractivity contribution >= 4 is 17.3 Å². The number of nitrogens with zero attached hydrogens (tertiary/aromatic N) is 3. The van der Waals surface area contributed by atoms with Gasteiger partial charge in [-0.1, -0.05) is 0 Å². The molecule has 0 aliphatic carbocycles. The molecule has 7 heteroatoms. The van der Waals surface area contributed by atoms with Crippen LogP contribution in [0.25, 0.3) is 0 Å². The fraction of sp³-hybridized carbons (Fsp3) is 0.250. The average Bonchev–Trinajstić information content (AvgIpc) is 2.75. The molecule has 100 valence electrons. The van der Waals surface area contributed by atoms with Crippen LogP contribution in [0, 0.1) is 0 Å². The number of carbonyl (C=O) groups is 1. The van der Waals surface area contributed by atoms with Gasteiger partial charge in [-0.15, -0.1) is 10.2 Å². The van der Waals surface area contributed by atoms with Gasteiger partial charge in [0.1, 0.15) is 6.33 Å². The van der Waals surface area contributed by atoms with Crippen LogP contribution in [0.15, 0.2) is 24.5 Å². The highest BCUT2D eigenvalue weighted by Crippen LogP contribution is 2.23. The van der Waals surface area contributed by atoms with Crippen LogP contribution in [0.5, 0.6) is 0 Å². The Hall–Kier alpha value is -2.57. The van der Waals surface area contributed by atoms with E-state index in [1.165, 1.54) is 0 Å². The minimum absolute atomic E-state index is 0.132. The van der Waals surface area contributed by atoms with Crippen molar-refractivity contribution in [2.24, 2.45) is 12.8 Å². The van der Waals surface area contributed by atoms with E-state index in [-0.39, 0.29) is 6.04 Å². The minimum Gasteiger partial charge on any atom is -0.399 e. The van der Waals surface area contributed by atoms with E-state index in [4.69, 9.17) is 11.5 Å². The van der Waals surface area contributed by atoms with Gasteiger partial charge in [-0.05, 0) is 25.1 Å². The Kier molecular flexibility index (Phi) is 3.37. The Balaban J connectivity index is 2.30. The third kappa shape index (κ3) is 2.65. The van der Waals surface area contributed by atoms with E-state index in [0.29, 0.717) is 16.9 Å². The highest BCUT2D eigenvalue weighted by atomic mass is 16.1. The van der Waals surface area contributed by atoms with Crippen molar-refractivity contribution in [1.82, 2.24) is 14.8 Å². The molecule has 0 radical (unpaired) electrons. The van der Waals surface area contributed by atoms with Gasteiger partial charge in [-0.2, -0.15) is 0 Å². The summed E-state index contributed by atoms with van der Waals surface area (Å²) in [5.41, 5.74) is 12.6. The Morgan fingerprint density at radius 3 is 2.79 bits per heavy atom. The highest BCUT2D eigenvalue weighted by molar-refractivity contribution is 5.99. The standard InChI is InChI=1S/C12H16N6O/c1-7(12-17-15-6-18(12)2)16-10-5-8(13)3-4-9(10)11(14)19/h3-7,16H,13H2,1-2H3,(H2,14,19). The number of hydrogen-bond acceptors (Lipinski definition) is 5. The van der Waals surface area contributed by atoms with Gasteiger partial charge in [0.15, 0.2) is 5.82 Å². The van der Waals surface area contributed by atoms with Crippen LogP contribution in [-0.2, 0) is 7.05 Å². The van der Waals surface area contributed by atoms with E-state index < -0.39 is 5.91 Å². The topological polar surface area (TPSA) is 112 Å². The molecule has 0 fully saturated rings. The molecule has 1 unspecified atom stereocenters. The normalized spacial score (nSPS) is 12.1. The zero-order valence-electron chi connectivity index (χ0n) is 10.8. The lowest BCUT2D eigenvalue weighted by atomic mass is 10.1. The first-order valence-corrected chi connectivity index (χ1v) is 5.79. The van der Waals surface area contributed by atoms with E-state index >= 15 is 0 Å². The van der Waals surface area contributed by atoms with E-state index in [1.54, 1.807) is 29.1 Å². The quantitative estimate of drug-likeness (QED) is 0.699. The summed E-state index contributed by atoms with van der Waals surface area (Å²) in [4.78, 5) is 11.4. The lowest BCUT2D eigenvalue weighted by molar-refractivity contribution is 0.100. The van der Waals surface area contributed by atoms with Crippen LogP contribution < -0.4 is 16.8 Å². The monoisotopic (exact) mass is 260 g/mol. The van der Waals surface area contributed by atoms with Crippen LogP contribution in [-0.4, -0.2) is 20.7 Å². The average molecular weight is 260 g/mol. The molecule has 0 saturated carbocycles. The number of primary amides is 1. The van der Waals surface area contributed by atoms with Gasteiger partial charge in [-0.25, -0.2) is 0 Å². The first kappa shape index (κ1) is 12.9. The van der Waals surface area contributed by atoms with Crippen LogP contribution in [0.3, 0.4) is 0 Å². The Bertz CT molecular complexity index is 606. The molecule has 1 amide bonds.